The molecule has 0 aliphatic carbocycles. The van der Waals surface area contributed by atoms with Crippen molar-refractivity contribution in [2.45, 2.75) is 26.8 Å². The van der Waals surface area contributed by atoms with E-state index in [4.69, 9.17) is 4.74 Å². The first-order chi connectivity index (χ1) is 13.1. The summed E-state index contributed by atoms with van der Waals surface area (Å²) in [6.45, 7) is 6.16. The van der Waals surface area contributed by atoms with Crippen LogP contribution in [0.1, 0.15) is 32.4 Å². The Morgan fingerprint density at radius 1 is 1.19 bits per heavy atom. The standard InChI is InChI=1S/C20H21N5O2/c1-4-27-19(26)16-17(12(2)3)21-20-22-23-24-25(20)18(16)15-11-7-9-13-8-5-6-10-14(13)15/h5-12,16,18H,4H2,1-3H3. The average molecular weight is 363 g/mol. The van der Waals surface area contributed by atoms with Crippen LogP contribution < -0.4 is 0 Å². The molecule has 2 heterocycles. The van der Waals surface area contributed by atoms with E-state index in [0.717, 1.165) is 22.0 Å². The highest BCUT2D eigenvalue weighted by molar-refractivity contribution is 6.06. The smallest absolute Gasteiger partial charge is 0.317 e. The number of hydrogen-bond acceptors (Lipinski definition) is 6. The number of ether oxygens (including phenoxy) is 1. The van der Waals surface area contributed by atoms with Crippen LogP contribution in [0.15, 0.2) is 47.5 Å². The zero-order valence-electron chi connectivity index (χ0n) is 15.5. The largest absolute Gasteiger partial charge is 0.465 e. The third-order valence-corrected chi connectivity index (χ3v) is 4.88. The van der Waals surface area contributed by atoms with Crippen molar-refractivity contribution >= 4 is 28.4 Å². The van der Waals surface area contributed by atoms with Gasteiger partial charge in [-0.25, -0.2) is 9.67 Å². The average Bonchev–Trinajstić information content (AvgIpc) is 3.14. The van der Waals surface area contributed by atoms with Gasteiger partial charge in [0.15, 0.2) is 0 Å². The molecule has 138 valence electrons. The number of benzene rings is 2. The summed E-state index contributed by atoms with van der Waals surface area (Å²) in [4.78, 5) is 17.6. The van der Waals surface area contributed by atoms with E-state index in [1.807, 2.05) is 45.0 Å². The van der Waals surface area contributed by atoms with Crippen molar-refractivity contribution in [2.75, 3.05) is 6.61 Å². The molecule has 0 radical (unpaired) electrons. The molecule has 2 unspecified atom stereocenters. The van der Waals surface area contributed by atoms with Crippen LogP contribution in [0.2, 0.25) is 0 Å². The summed E-state index contributed by atoms with van der Waals surface area (Å²) in [5, 5.41) is 14.2. The molecule has 4 rings (SSSR count). The number of esters is 1. The Balaban J connectivity index is 1.97. The summed E-state index contributed by atoms with van der Waals surface area (Å²) in [5.74, 6) is -0.407. The van der Waals surface area contributed by atoms with E-state index < -0.39 is 12.0 Å². The van der Waals surface area contributed by atoms with Gasteiger partial charge in [0.25, 0.3) is 5.95 Å². The maximum absolute atomic E-state index is 13.0. The lowest BCUT2D eigenvalue weighted by Crippen LogP contribution is -2.40. The Bertz CT molecular complexity index is 1020. The van der Waals surface area contributed by atoms with Gasteiger partial charge in [0.1, 0.15) is 12.0 Å². The van der Waals surface area contributed by atoms with E-state index >= 15 is 0 Å². The van der Waals surface area contributed by atoms with Crippen molar-refractivity contribution in [2.24, 2.45) is 16.8 Å². The molecule has 27 heavy (non-hydrogen) atoms. The van der Waals surface area contributed by atoms with Crippen molar-refractivity contribution < 1.29 is 9.53 Å². The van der Waals surface area contributed by atoms with Crippen molar-refractivity contribution in [1.82, 2.24) is 20.2 Å². The number of tetrazole rings is 1. The second-order valence-electron chi connectivity index (χ2n) is 6.86. The van der Waals surface area contributed by atoms with Gasteiger partial charge in [0, 0.05) is 5.71 Å². The van der Waals surface area contributed by atoms with Crippen LogP contribution in [0.5, 0.6) is 0 Å². The first-order valence-corrected chi connectivity index (χ1v) is 9.12. The van der Waals surface area contributed by atoms with Gasteiger partial charge < -0.3 is 4.74 Å². The number of carbonyl (C=O) groups excluding carboxylic acids is 1. The second-order valence-corrected chi connectivity index (χ2v) is 6.86. The van der Waals surface area contributed by atoms with Gasteiger partial charge in [0.05, 0.1) is 6.61 Å². The number of carbonyl (C=O) groups is 1. The molecule has 0 fully saturated rings. The third-order valence-electron chi connectivity index (χ3n) is 4.88. The monoisotopic (exact) mass is 363 g/mol. The predicted molar refractivity (Wildman–Crippen MR) is 102 cm³/mol. The van der Waals surface area contributed by atoms with E-state index in [1.165, 1.54) is 0 Å². The van der Waals surface area contributed by atoms with Crippen molar-refractivity contribution in [3.05, 3.63) is 48.0 Å². The molecule has 0 spiro atoms. The van der Waals surface area contributed by atoms with Crippen LogP contribution in [-0.4, -0.2) is 38.5 Å². The maximum atomic E-state index is 13.0. The van der Waals surface area contributed by atoms with Crippen LogP contribution in [0.3, 0.4) is 0 Å². The minimum Gasteiger partial charge on any atom is -0.465 e. The lowest BCUT2D eigenvalue weighted by atomic mass is 9.82. The number of rotatable bonds is 4. The third kappa shape index (κ3) is 2.89. The Labute approximate surface area is 157 Å². The fourth-order valence-electron chi connectivity index (χ4n) is 3.72. The Morgan fingerprint density at radius 2 is 1.96 bits per heavy atom. The number of aromatic nitrogens is 4. The molecule has 0 bridgehead atoms. The SMILES string of the molecule is CCOC(=O)C1C(C(C)C)=Nc2nnnn2C1c1cccc2ccccc12. The van der Waals surface area contributed by atoms with Gasteiger partial charge in [-0.05, 0) is 39.6 Å². The molecule has 0 saturated heterocycles. The van der Waals surface area contributed by atoms with E-state index in [-0.39, 0.29) is 11.9 Å². The number of nitrogens with zero attached hydrogens (tertiary/aromatic N) is 5. The van der Waals surface area contributed by atoms with Gasteiger partial charge in [0.2, 0.25) is 0 Å². The Morgan fingerprint density at radius 3 is 2.74 bits per heavy atom. The predicted octanol–water partition coefficient (Wildman–Crippen LogP) is 3.34. The van der Waals surface area contributed by atoms with Gasteiger partial charge in [-0.1, -0.05) is 61.4 Å². The summed E-state index contributed by atoms with van der Waals surface area (Å²) in [5.41, 5.74) is 1.72. The minimum atomic E-state index is -0.577. The quantitative estimate of drug-likeness (QED) is 0.664. The molecule has 0 N–H and O–H groups in total. The normalized spacial score (nSPS) is 19.0. The molecular formula is C20H21N5O2. The first-order valence-electron chi connectivity index (χ1n) is 9.12. The Kier molecular flexibility index (Phi) is 4.43. The minimum absolute atomic E-state index is 0.0577. The van der Waals surface area contributed by atoms with Crippen LogP contribution in [0, 0.1) is 11.8 Å². The summed E-state index contributed by atoms with van der Waals surface area (Å²) in [7, 11) is 0. The van der Waals surface area contributed by atoms with Crippen LogP contribution in [0.4, 0.5) is 5.95 Å². The summed E-state index contributed by atoms with van der Waals surface area (Å²) in [6.07, 6.45) is 0. The van der Waals surface area contributed by atoms with Crippen molar-refractivity contribution in [1.29, 1.82) is 0 Å². The second kappa shape index (κ2) is 6.90. The summed E-state index contributed by atoms with van der Waals surface area (Å²) >= 11 is 0. The number of fused-ring (bicyclic) bond motifs is 2. The fourth-order valence-corrected chi connectivity index (χ4v) is 3.72. The highest BCUT2D eigenvalue weighted by Gasteiger charge is 2.43. The summed E-state index contributed by atoms with van der Waals surface area (Å²) in [6, 6.07) is 13.8. The molecule has 0 amide bonds. The Hall–Kier alpha value is -3.09. The molecule has 3 aromatic rings. The van der Waals surface area contributed by atoms with Crippen LogP contribution >= 0.6 is 0 Å². The van der Waals surface area contributed by atoms with E-state index in [2.05, 4.69) is 38.7 Å². The highest BCUT2D eigenvalue weighted by atomic mass is 16.5. The molecule has 1 aliphatic heterocycles. The molecule has 1 aromatic heterocycles. The summed E-state index contributed by atoms with van der Waals surface area (Å²) < 4.78 is 7.05. The van der Waals surface area contributed by atoms with E-state index in [9.17, 15) is 4.79 Å². The number of aliphatic imine (C=N–C) groups is 1. The highest BCUT2D eigenvalue weighted by Crippen LogP contribution is 2.39. The molecule has 1 aliphatic rings. The molecular weight excluding hydrogens is 342 g/mol. The van der Waals surface area contributed by atoms with E-state index in [1.54, 1.807) is 4.68 Å². The molecule has 7 heteroatoms. The van der Waals surface area contributed by atoms with Crippen LogP contribution in [0.25, 0.3) is 10.8 Å². The van der Waals surface area contributed by atoms with Crippen LogP contribution in [-0.2, 0) is 9.53 Å². The van der Waals surface area contributed by atoms with E-state index in [0.29, 0.717) is 12.6 Å². The van der Waals surface area contributed by atoms with Gasteiger partial charge >= 0.3 is 5.97 Å². The van der Waals surface area contributed by atoms with Gasteiger partial charge in [-0.2, -0.15) is 0 Å². The van der Waals surface area contributed by atoms with Crippen molar-refractivity contribution in [3.63, 3.8) is 0 Å². The lowest BCUT2D eigenvalue weighted by molar-refractivity contribution is -0.146. The first kappa shape index (κ1) is 17.3. The topological polar surface area (TPSA) is 82.3 Å². The zero-order chi connectivity index (χ0) is 19.0. The zero-order valence-corrected chi connectivity index (χ0v) is 15.5. The maximum Gasteiger partial charge on any atom is 0.317 e. The molecule has 7 nitrogen and oxygen atoms in total. The molecule has 2 atom stereocenters. The van der Waals surface area contributed by atoms with Gasteiger partial charge in [-0.15, -0.1) is 0 Å². The number of hydrogen-bond donors (Lipinski definition) is 0. The lowest BCUT2D eigenvalue weighted by Gasteiger charge is -2.32. The fraction of sp³-hybridized carbons (Fsp3) is 0.350. The van der Waals surface area contributed by atoms with Gasteiger partial charge in [-0.3, -0.25) is 4.79 Å². The molecule has 0 saturated carbocycles. The molecule has 2 aromatic carbocycles. The van der Waals surface area contributed by atoms with Crippen molar-refractivity contribution in [3.8, 4) is 0 Å².